The molecule has 1 N–H and O–H groups in total. The minimum absolute atomic E-state index is 0.947. The Morgan fingerprint density at radius 3 is 3.06 bits per heavy atom. The number of benzene rings is 1. The van der Waals surface area contributed by atoms with Gasteiger partial charge in [0, 0.05) is 11.9 Å². The number of hydrogen-bond donors (Lipinski definition) is 1. The van der Waals surface area contributed by atoms with Crippen molar-refractivity contribution in [2.75, 3.05) is 11.9 Å². The maximum absolute atomic E-state index is 4.13. The summed E-state index contributed by atoms with van der Waals surface area (Å²) in [6, 6.07) is 8.10. The predicted molar refractivity (Wildman–Crippen MR) is 74.6 cm³/mol. The summed E-state index contributed by atoms with van der Waals surface area (Å²) < 4.78 is 0. The topological polar surface area (TPSA) is 37.8 Å². The van der Waals surface area contributed by atoms with E-state index in [0.717, 1.165) is 29.6 Å². The van der Waals surface area contributed by atoms with Gasteiger partial charge in [0.1, 0.15) is 0 Å². The predicted octanol–water partition coefficient (Wildman–Crippen LogP) is 3.54. The second-order valence-corrected chi connectivity index (χ2v) is 4.71. The number of nitrogens with one attached hydrogen (secondary N) is 1. The number of rotatable bonds is 4. The summed E-state index contributed by atoms with van der Waals surface area (Å²) in [5, 5.41) is 12.8. The van der Waals surface area contributed by atoms with E-state index in [4.69, 9.17) is 0 Å². The summed E-state index contributed by atoms with van der Waals surface area (Å²) in [5.41, 5.74) is 3.62. The molecule has 0 amide bonds. The Morgan fingerprint density at radius 1 is 1.22 bits per heavy atom. The monoisotopic (exact) mass is 239 g/mol. The maximum Gasteiger partial charge on any atom is 0.0950 e. The Kier molecular flexibility index (Phi) is 3.22. The van der Waals surface area contributed by atoms with Crippen molar-refractivity contribution in [1.82, 2.24) is 10.2 Å². The molecule has 0 radical (unpaired) electrons. The molecule has 1 aliphatic rings. The van der Waals surface area contributed by atoms with Crippen LogP contribution in [0, 0.1) is 0 Å². The van der Waals surface area contributed by atoms with E-state index in [0.29, 0.717) is 0 Å². The number of allylic oxidation sites excluding steroid dienone is 1. The van der Waals surface area contributed by atoms with Crippen molar-refractivity contribution >= 4 is 16.6 Å². The van der Waals surface area contributed by atoms with Crippen molar-refractivity contribution < 1.29 is 0 Å². The molecule has 92 valence electrons. The van der Waals surface area contributed by atoms with Crippen LogP contribution in [0.25, 0.3) is 10.9 Å². The summed E-state index contributed by atoms with van der Waals surface area (Å²) in [7, 11) is 0. The van der Waals surface area contributed by atoms with Crippen molar-refractivity contribution in [3.8, 4) is 0 Å². The smallest absolute Gasteiger partial charge is 0.0950 e. The first-order valence-electron chi connectivity index (χ1n) is 6.56. The molecule has 1 aliphatic carbocycles. The number of fused-ring (bicyclic) bond motifs is 1. The molecule has 0 unspecified atom stereocenters. The molecular weight excluding hydrogens is 222 g/mol. The van der Waals surface area contributed by atoms with Crippen molar-refractivity contribution in [3.05, 3.63) is 42.1 Å². The Balaban J connectivity index is 1.70. The normalized spacial score (nSPS) is 14.8. The highest BCUT2D eigenvalue weighted by atomic mass is 15.1. The van der Waals surface area contributed by atoms with Gasteiger partial charge in [0.05, 0.1) is 17.4 Å². The molecule has 0 bridgehead atoms. The molecule has 18 heavy (non-hydrogen) atoms. The van der Waals surface area contributed by atoms with Crippen LogP contribution >= 0.6 is 0 Å². The van der Waals surface area contributed by atoms with Gasteiger partial charge in [-0.05, 0) is 31.7 Å². The standard InChI is InChI=1S/C15H17N3/c1-2-6-12(5-1)9-10-16-15-11-17-18-14-8-4-3-7-13(14)15/h3-5,7-8,11H,1-2,6,9-10H2,(H,16,18). The van der Waals surface area contributed by atoms with Gasteiger partial charge in [-0.25, -0.2) is 0 Å². The van der Waals surface area contributed by atoms with Gasteiger partial charge in [0.25, 0.3) is 0 Å². The zero-order valence-electron chi connectivity index (χ0n) is 10.4. The van der Waals surface area contributed by atoms with E-state index in [9.17, 15) is 0 Å². The van der Waals surface area contributed by atoms with Crippen LogP contribution in [-0.2, 0) is 0 Å². The van der Waals surface area contributed by atoms with Crippen LogP contribution in [0.15, 0.2) is 42.1 Å². The first-order chi connectivity index (χ1) is 8.93. The number of nitrogens with zero attached hydrogens (tertiary/aromatic N) is 2. The lowest BCUT2D eigenvalue weighted by Gasteiger charge is -2.08. The highest BCUT2D eigenvalue weighted by Gasteiger charge is 2.05. The third-order valence-corrected chi connectivity index (χ3v) is 3.44. The minimum atomic E-state index is 0.947. The molecule has 3 rings (SSSR count). The van der Waals surface area contributed by atoms with Crippen molar-refractivity contribution in [2.24, 2.45) is 0 Å². The SMILES string of the molecule is C1=C(CCNc2cnnc3ccccc23)CCC1. The Hall–Kier alpha value is -1.90. The molecule has 0 fully saturated rings. The molecule has 0 atom stereocenters. The van der Waals surface area contributed by atoms with Crippen LogP contribution in [-0.4, -0.2) is 16.7 Å². The van der Waals surface area contributed by atoms with Crippen LogP contribution in [0.1, 0.15) is 25.7 Å². The summed E-state index contributed by atoms with van der Waals surface area (Å²) in [5.74, 6) is 0. The van der Waals surface area contributed by atoms with Gasteiger partial charge in [-0.15, -0.1) is 0 Å². The summed E-state index contributed by atoms with van der Waals surface area (Å²) >= 11 is 0. The zero-order chi connectivity index (χ0) is 12.2. The van der Waals surface area contributed by atoms with Crippen molar-refractivity contribution in [2.45, 2.75) is 25.7 Å². The van der Waals surface area contributed by atoms with E-state index >= 15 is 0 Å². The van der Waals surface area contributed by atoms with E-state index in [1.807, 2.05) is 24.4 Å². The second kappa shape index (κ2) is 5.17. The highest BCUT2D eigenvalue weighted by molar-refractivity contribution is 5.90. The second-order valence-electron chi connectivity index (χ2n) is 4.71. The van der Waals surface area contributed by atoms with E-state index in [1.165, 1.54) is 19.3 Å². The lowest BCUT2D eigenvalue weighted by atomic mass is 10.1. The lowest BCUT2D eigenvalue weighted by Crippen LogP contribution is -2.03. The third-order valence-electron chi connectivity index (χ3n) is 3.44. The molecule has 1 heterocycles. The van der Waals surface area contributed by atoms with Gasteiger partial charge in [-0.1, -0.05) is 29.8 Å². The van der Waals surface area contributed by atoms with Gasteiger partial charge in [0.2, 0.25) is 0 Å². The van der Waals surface area contributed by atoms with E-state index in [1.54, 1.807) is 5.57 Å². The van der Waals surface area contributed by atoms with Crippen molar-refractivity contribution in [1.29, 1.82) is 0 Å². The van der Waals surface area contributed by atoms with E-state index in [-0.39, 0.29) is 0 Å². The lowest BCUT2D eigenvalue weighted by molar-refractivity contribution is 0.863. The summed E-state index contributed by atoms with van der Waals surface area (Å²) in [6.07, 6.45) is 9.19. The molecule has 0 spiro atoms. The molecule has 3 heteroatoms. The summed E-state index contributed by atoms with van der Waals surface area (Å²) in [4.78, 5) is 0. The van der Waals surface area contributed by atoms with Crippen LogP contribution in [0.2, 0.25) is 0 Å². The molecule has 1 aromatic heterocycles. The number of aromatic nitrogens is 2. The molecular formula is C15H17N3. The van der Waals surface area contributed by atoms with Gasteiger partial charge in [-0.3, -0.25) is 0 Å². The largest absolute Gasteiger partial charge is 0.383 e. The van der Waals surface area contributed by atoms with Crippen LogP contribution in [0.5, 0.6) is 0 Å². The van der Waals surface area contributed by atoms with Gasteiger partial charge < -0.3 is 5.32 Å². The van der Waals surface area contributed by atoms with Crippen molar-refractivity contribution in [3.63, 3.8) is 0 Å². The average molecular weight is 239 g/mol. The highest BCUT2D eigenvalue weighted by Crippen LogP contribution is 2.22. The first kappa shape index (κ1) is 11.2. The van der Waals surface area contributed by atoms with Gasteiger partial charge in [-0.2, -0.15) is 10.2 Å². The fourth-order valence-corrected chi connectivity index (χ4v) is 2.47. The fraction of sp³-hybridized carbons (Fsp3) is 0.333. The quantitative estimate of drug-likeness (QED) is 0.829. The minimum Gasteiger partial charge on any atom is -0.383 e. The van der Waals surface area contributed by atoms with Crippen LogP contribution < -0.4 is 5.32 Å². The van der Waals surface area contributed by atoms with Gasteiger partial charge >= 0.3 is 0 Å². The summed E-state index contributed by atoms with van der Waals surface area (Å²) in [6.45, 7) is 0.974. The first-order valence-corrected chi connectivity index (χ1v) is 6.56. The molecule has 0 saturated heterocycles. The molecule has 3 nitrogen and oxygen atoms in total. The molecule has 0 saturated carbocycles. The Bertz CT molecular complexity index is 569. The molecule has 1 aromatic carbocycles. The third kappa shape index (κ3) is 2.35. The Labute approximate surface area is 107 Å². The van der Waals surface area contributed by atoms with E-state index in [2.05, 4.69) is 27.7 Å². The zero-order valence-corrected chi connectivity index (χ0v) is 10.4. The van der Waals surface area contributed by atoms with Gasteiger partial charge in [0.15, 0.2) is 0 Å². The van der Waals surface area contributed by atoms with Crippen LogP contribution in [0.4, 0.5) is 5.69 Å². The Morgan fingerprint density at radius 2 is 2.17 bits per heavy atom. The molecule has 2 aromatic rings. The van der Waals surface area contributed by atoms with Crippen LogP contribution in [0.3, 0.4) is 0 Å². The average Bonchev–Trinajstić information content (AvgIpc) is 2.92. The number of hydrogen-bond acceptors (Lipinski definition) is 3. The van der Waals surface area contributed by atoms with E-state index < -0.39 is 0 Å². The number of anilines is 1. The molecule has 0 aliphatic heterocycles. The maximum atomic E-state index is 4.13. The fourth-order valence-electron chi connectivity index (χ4n) is 2.47.